The van der Waals surface area contributed by atoms with Gasteiger partial charge in [0.1, 0.15) is 23.0 Å². The fourth-order valence-electron chi connectivity index (χ4n) is 6.30. The van der Waals surface area contributed by atoms with Gasteiger partial charge in [-0.1, -0.05) is 24.3 Å². The lowest BCUT2D eigenvalue weighted by atomic mass is 10.1. The summed E-state index contributed by atoms with van der Waals surface area (Å²) in [4.78, 5) is 53.2. The molecule has 6 rings (SSSR count). The van der Waals surface area contributed by atoms with E-state index in [1.807, 2.05) is 38.0 Å². The molecule has 10 N–H and O–H groups in total. The Morgan fingerprint density at radius 2 is 0.838 bits per heavy atom. The number of carbonyl (C=O) groups excluding carboxylic acids is 2. The van der Waals surface area contributed by atoms with E-state index in [-0.39, 0.29) is 110 Å². The summed E-state index contributed by atoms with van der Waals surface area (Å²) in [6.07, 6.45) is 2.45. The molecule has 0 fully saturated rings. The number of hydrogen-bond acceptors (Lipinski definition) is 22. The third-order valence-corrected chi connectivity index (χ3v) is 11.7. The average molecular weight is 1060 g/mol. The maximum Gasteiger partial charge on any atom is 0.323 e. The van der Waals surface area contributed by atoms with E-state index in [1.165, 1.54) is 36.4 Å². The van der Waals surface area contributed by atoms with E-state index in [1.54, 1.807) is 48.5 Å². The fraction of sp³-hybridized carbons (Fsp3) is 0.261. The van der Waals surface area contributed by atoms with Crippen molar-refractivity contribution >= 4 is 90.7 Å². The summed E-state index contributed by atoms with van der Waals surface area (Å²) < 4.78 is 83.5. The molecule has 392 valence electrons. The quantitative estimate of drug-likeness (QED) is 0.0276. The second kappa shape index (κ2) is 25.6. The lowest BCUT2D eigenvalue weighted by Gasteiger charge is -2.14. The number of anilines is 8. The van der Waals surface area contributed by atoms with E-state index in [0.717, 1.165) is 12.1 Å². The summed E-state index contributed by atoms with van der Waals surface area (Å²) >= 11 is 0. The molecular formula is C46H54N14O12S2. The molecule has 0 atom stereocenters. The number of ether oxygens (including phenoxy) is 2. The Bertz CT molecular complexity index is 2960. The second-order valence-electron chi connectivity index (χ2n) is 16.2. The van der Waals surface area contributed by atoms with Crippen molar-refractivity contribution in [2.45, 2.75) is 9.79 Å². The Balaban J connectivity index is 1.24. The molecule has 0 saturated heterocycles. The van der Waals surface area contributed by atoms with Gasteiger partial charge in [-0.2, -0.15) is 46.7 Å². The van der Waals surface area contributed by atoms with Gasteiger partial charge < -0.3 is 61.4 Å². The number of hydrogen-bond donors (Lipinski definition) is 10. The Labute approximate surface area is 425 Å². The van der Waals surface area contributed by atoms with Crippen LogP contribution in [0.3, 0.4) is 0 Å². The van der Waals surface area contributed by atoms with Crippen molar-refractivity contribution in [2.75, 3.05) is 102 Å². The molecule has 2 aromatic heterocycles. The highest BCUT2D eigenvalue weighted by molar-refractivity contribution is 7.86. The number of nitrogens with one attached hydrogen (secondary N) is 6. The molecular weight excluding hydrogens is 1000 g/mol. The standard InChI is InChI=1S/C46H54N14O12S2/c1-59(2)21-25-71-45-55-41(49-33-13-9-31(10-14-33)39(63)47-19-23-61)53-43(57-45)51-35-17-7-29(37(27-35)73(65,66)67)5-6-30-8-18-36(28-38(30)74(68,69)70)52-44-54-42(56-46(58-44)72-26-22-60(3)4)50-34-15-11-32(12-16-34)40(64)48-20-24-62/h5-18,27-28,61-62H,19-26H2,1-4H3,(H,47,63)(H,48,64)(H,65,66,67)(H,68,69,70)(H2,49,51,53,55,57)(H2,50,52,54,56,58)/b6-5+. The number of nitrogens with zero attached hydrogens (tertiary/aromatic N) is 8. The van der Waals surface area contributed by atoms with Crippen molar-refractivity contribution in [2.24, 2.45) is 0 Å². The Morgan fingerprint density at radius 3 is 1.15 bits per heavy atom. The number of aliphatic hydroxyl groups excluding tert-OH is 2. The first-order chi connectivity index (χ1) is 35.3. The van der Waals surface area contributed by atoms with E-state index >= 15 is 0 Å². The first kappa shape index (κ1) is 55.4. The Kier molecular flexibility index (Phi) is 19.2. The topological polar surface area (TPSA) is 358 Å². The zero-order valence-corrected chi connectivity index (χ0v) is 42.0. The Hall–Kier alpha value is -7.96. The van der Waals surface area contributed by atoms with Crippen LogP contribution in [0.15, 0.2) is 94.7 Å². The van der Waals surface area contributed by atoms with E-state index in [2.05, 4.69) is 61.8 Å². The largest absolute Gasteiger partial charge is 0.462 e. The summed E-state index contributed by atoms with van der Waals surface area (Å²) in [5.41, 5.74) is 1.70. The second-order valence-corrected chi connectivity index (χ2v) is 19.0. The summed E-state index contributed by atoms with van der Waals surface area (Å²) in [5, 5.41) is 35.0. The molecule has 0 radical (unpaired) electrons. The molecule has 0 aliphatic rings. The van der Waals surface area contributed by atoms with Crippen molar-refractivity contribution in [1.82, 2.24) is 50.3 Å². The van der Waals surface area contributed by atoms with Crippen LogP contribution in [0.25, 0.3) is 12.2 Å². The highest BCUT2D eigenvalue weighted by Crippen LogP contribution is 2.29. The average Bonchev–Trinajstić information content (AvgIpc) is 3.34. The highest BCUT2D eigenvalue weighted by atomic mass is 32.2. The number of likely N-dealkylation sites (N-methyl/N-ethyl adjacent to an activating group) is 2. The van der Waals surface area contributed by atoms with E-state index < -0.39 is 30.0 Å². The highest BCUT2D eigenvalue weighted by Gasteiger charge is 2.20. The number of benzene rings is 4. The molecule has 0 unspecified atom stereocenters. The van der Waals surface area contributed by atoms with Crippen molar-refractivity contribution in [3.63, 3.8) is 0 Å². The van der Waals surface area contributed by atoms with Gasteiger partial charge in [-0.3, -0.25) is 18.7 Å². The van der Waals surface area contributed by atoms with Gasteiger partial charge in [0.15, 0.2) is 0 Å². The first-order valence-electron chi connectivity index (χ1n) is 22.3. The first-order valence-corrected chi connectivity index (χ1v) is 25.2. The van der Waals surface area contributed by atoms with Crippen molar-refractivity contribution in [1.29, 1.82) is 0 Å². The van der Waals surface area contributed by atoms with Crippen LogP contribution in [0.4, 0.5) is 46.5 Å². The summed E-state index contributed by atoms with van der Waals surface area (Å²) in [7, 11) is -2.47. The number of amides is 2. The molecule has 4 aromatic carbocycles. The maximum atomic E-state index is 12.8. The summed E-state index contributed by atoms with van der Waals surface area (Å²) in [6.45, 7) is 1.18. The molecule has 0 aliphatic carbocycles. The third-order valence-electron chi connectivity index (χ3n) is 9.91. The van der Waals surface area contributed by atoms with Crippen LogP contribution in [0.5, 0.6) is 12.0 Å². The smallest absolute Gasteiger partial charge is 0.323 e. The summed E-state index contributed by atoms with van der Waals surface area (Å²) in [5.74, 6) is -0.922. The van der Waals surface area contributed by atoms with Gasteiger partial charge in [-0.25, -0.2) is 0 Å². The van der Waals surface area contributed by atoms with Crippen molar-refractivity contribution in [3.05, 3.63) is 107 Å². The molecule has 26 nitrogen and oxygen atoms in total. The van der Waals surface area contributed by atoms with Gasteiger partial charge in [0, 0.05) is 60.1 Å². The van der Waals surface area contributed by atoms with Gasteiger partial charge in [-0.15, -0.1) is 0 Å². The van der Waals surface area contributed by atoms with Gasteiger partial charge in [0.2, 0.25) is 23.8 Å². The Morgan fingerprint density at radius 1 is 0.514 bits per heavy atom. The molecule has 0 spiro atoms. The van der Waals surface area contributed by atoms with Crippen LogP contribution in [0.1, 0.15) is 31.8 Å². The predicted octanol–water partition coefficient (Wildman–Crippen LogP) is 3.02. The molecule has 0 aliphatic heterocycles. The van der Waals surface area contributed by atoms with Gasteiger partial charge in [0.05, 0.1) is 13.2 Å². The molecule has 6 aromatic rings. The zero-order chi connectivity index (χ0) is 53.4. The fourth-order valence-corrected chi connectivity index (χ4v) is 7.72. The molecule has 74 heavy (non-hydrogen) atoms. The van der Waals surface area contributed by atoms with Crippen LogP contribution < -0.4 is 41.4 Å². The normalized spacial score (nSPS) is 11.6. The van der Waals surface area contributed by atoms with Crippen LogP contribution in [0, 0.1) is 0 Å². The zero-order valence-electron chi connectivity index (χ0n) is 40.3. The van der Waals surface area contributed by atoms with E-state index in [9.17, 15) is 35.5 Å². The summed E-state index contributed by atoms with van der Waals surface area (Å²) in [6, 6.07) is 20.2. The lowest BCUT2D eigenvalue weighted by Crippen LogP contribution is -2.26. The molecule has 28 heteroatoms. The third kappa shape index (κ3) is 16.8. The molecule has 2 heterocycles. The minimum absolute atomic E-state index is 0.0114. The van der Waals surface area contributed by atoms with E-state index in [0.29, 0.717) is 35.6 Å². The maximum absolute atomic E-state index is 12.8. The van der Waals surface area contributed by atoms with Gasteiger partial charge >= 0.3 is 12.0 Å². The van der Waals surface area contributed by atoms with Gasteiger partial charge in [-0.05, 0) is 112 Å². The van der Waals surface area contributed by atoms with Crippen molar-refractivity contribution in [3.8, 4) is 12.0 Å². The number of carbonyl (C=O) groups is 2. The minimum Gasteiger partial charge on any atom is -0.462 e. The monoisotopic (exact) mass is 1060 g/mol. The number of rotatable bonds is 26. The van der Waals surface area contributed by atoms with Crippen LogP contribution in [-0.4, -0.2) is 168 Å². The molecule has 0 bridgehead atoms. The lowest BCUT2D eigenvalue weighted by molar-refractivity contribution is 0.0937. The van der Waals surface area contributed by atoms with Gasteiger partial charge in [0.25, 0.3) is 32.1 Å². The predicted molar refractivity (Wildman–Crippen MR) is 274 cm³/mol. The molecule has 2 amide bonds. The SMILES string of the molecule is CN(C)CCOc1nc(Nc2ccc(C(=O)NCCO)cc2)nc(Nc2ccc(/C=C/c3ccc(Nc4nc(Nc5ccc(C(=O)NCCO)cc5)nc(OCCN(C)C)n4)cc3S(=O)(=O)O)c(S(=O)(=O)O)c2)n1. The molecule has 0 saturated carbocycles. The van der Waals surface area contributed by atoms with Crippen LogP contribution >= 0.6 is 0 Å². The number of aromatic nitrogens is 6. The minimum atomic E-state index is -4.94. The van der Waals surface area contributed by atoms with Crippen LogP contribution in [-0.2, 0) is 20.2 Å². The van der Waals surface area contributed by atoms with Crippen molar-refractivity contribution < 1.29 is 55.2 Å². The number of aliphatic hydroxyl groups is 2. The van der Waals surface area contributed by atoms with Crippen LogP contribution in [0.2, 0.25) is 0 Å². The van der Waals surface area contributed by atoms with E-state index in [4.69, 9.17) is 19.7 Å².